The first-order valence-electron chi connectivity index (χ1n) is 7.79. The van der Waals surface area contributed by atoms with Crippen LogP contribution in [0, 0.1) is 12.8 Å². The van der Waals surface area contributed by atoms with Crippen molar-refractivity contribution < 1.29 is 9.47 Å². The molecule has 4 heteroatoms. The fraction of sp³-hybridized carbons (Fsp3) is 0.647. The van der Waals surface area contributed by atoms with Gasteiger partial charge in [-0.15, -0.1) is 0 Å². The molecule has 1 fully saturated rings. The first-order chi connectivity index (χ1) is 10.0. The van der Waals surface area contributed by atoms with Crippen molar-refractivity contribution in [3.63, 3.8) is 0 Å². The van der Waals surface area contributed by atoms with E-state index in [1.807, 2.05) is 25.1 Å². The Morgan fingerprint density at radius 1 is 1.33 bits per heavy atom. The highest BCUT2D eigenvalue weighted by atomic mass is 35.5. The Balaban J connectivity index is 1.69. The monoisotopic (exact) mass is 311 g/mol. The van der Waals surface area contributed by atoms with Gasteiger partial charge >= 0.3 is 0 Å². The SMILES string of the molecule is Cc1cc(OCC2CCC(CNCC(C)C)O2)ccc1Cl. The summed E-state index contributed by atoms with van der Waals surface area (Å²) in [5, 5.41) is 4.23. The molecule has 0 spiro atoms. The number of ether oxygens (including phenoxy) is 2. The number of hydrogen-bond donors (Lipinski definition) is 1. The Morgan fingerprint density at radius 3 is 2.81 bits per heavy atom. The molecule has 1 aliphatic rings. The Labute approximate surface area is 133 Å². The summed E-state index contributed by atoms with van der Waals surface area (Å²) in [7, 11) is 0. The van der Waals surface area contributed by atoms with Gasteiger partial charge in [0.2, 0.25) is 0 Å². The summed E-state index contributed by atoms with van der Waals surface area (Å²) < 4.78 is 11.8. The normalized spacial score (nSPS) is 22.0. The number of aryl methyl sites for hydroxylation is 1. The molecular formula is C17H26ClNO2. The smallest absolute Gasteiger partial charge is 0.119 e. The van der Waals surface area contributed by atoms with E-state index in [4.69, 9.17) is 21.1 Å². The van der Waals surface area contributed by atoms with Gasteiger partial charge in [-0.2, -0.15) is 0 Å². The van der Waals surface area contributed by atoms with Crippen LogP contribution in [-0.4, -0.2) is 31.9 Å². The minimum atomic E-state index is 0.201. The van der Waals surface area contributed by atoms with Gasteiger partial charge in [-0.3, -0.25) is 0 Å². The molecule has 0 saturated carbocycles. The van der Waals surface area contributed by atoms with Crippen molar-refractivity contribution in [2.45, 2.75) is 45.8 Å². The third-order valence-corrected chi connectivity index (χ3v) is 4.11. The van der Waals surface area contributed by atoms with E-state index in [0.29, 0.717) is 18.6 Å². The molecule has 118 valence electrons. The zero-order chi connectivity index (χ0) is 15.2. The van der Waals surface area contributed by atoms with Gasteiger partial charge in [-0.1, -0.05) is 25.4 Å². The molecule has 0 amide bonds. The number of rotatable bonds is 7. The van der Waals surface area contributed by atoms with Crippen LogP contribution in [-0.2, 0) is 4.74 Å². The largest absolute Gasteiger partial charge is 0.491 e. The molecule has 2 atom stereocenters. The van der Waals surface area contributed by atoms with Crippen LogP contribution in [0.1, 0.15) is 32.3 Å². The predicted molar refractivity (Wildman–Crippen MR) is 87.3 cm³/mol. The molecule has 0 bridgehead atoms. The number of hydrogen-bond acceptors (Lipinski definition) is 3. The molecule has 0 aliphatic carbocycles. The molecule has 21 heavy (non-hydrogen) atoms. The predicted octanol–water partition coefficient (Wildman–Crippen LogP) is 3.82. The lowest BCUT2D eigenvalue weighted by atomic mass is 10.2. The summed E-state index contributed by atoms with van der Waals surface area (Å²) in [6.45, 7) is 9.01. The Hall–Kier alpha value is -0.770. The summed E-state index contributed by atoms with van der Waals surface area (Å²) in [4.78, 5) is 0. The average molecular weight is 312 g/mol. The van der Waals surface area contributed by atoms with Crippen molar-refractivity contribution in [3.8, 4) is 5.75 Å². The highest BCUT2D eigenvalue weighted by Crippen LogP contribution is 2.23. The molecular weight excluding hydrogens is 286 g/mol. The van der Waals surface area contributed by atoms with Gasteiger partial charge in [-0.05, 0) is 56.0 Å². The van der Waals surface area contributed by atoms with Crippen molar-refractivity contribution in [2.75, 3.05) is 19.7 Å². The molecule has 1 heterocycles. The first-order valence-corrected chi connectivity index (χ1v) is 8.17. The summed E-state index contributed by atoms with van der Waals surface area (Å²) in [5.74, 6) is 1.54. The minimum absolute atomic E-state index is 0.201. The fourth-order valence-electron chi connectivity index (χ4n) is 2.48. The van der Waals surface area contributed by atoms with Gasteiger partial charge in [0.15, 0.2) is 0 Å². The summed E-state index contributed by atoms with van der Waals surface area (Å²) in [5.41, 5.74) is 1.04. The lowest BCUT2D eigenvalue weighted by Gasteiger charge is -2.16. The van der Waals surface area contributed by atoms with E-state index in [9.17, 15) is 0 Å². The van der Waals surface area contributed by atoms with Crippen LogP contribution in [0.5, 0.6) is 5.75 Å². The quantitative estimate of drug-likeness (QED) is 0.830. The molecule has 2 rings (SSSR count). The van der Waals surface area contributed by atoms with Crippen LogP contribution in [0.3, 0.4) is 0 Å². The molecule has 0 aromatic heterocycles. The molecule has 1 N–H and O–H groups in total. The van der Waals surface area contributed by atoms with Crippen LogP contribution >= 0.6 is 11.6 Å². The second kappa shape index (κ2) is 8.02. The van der Waals surface area contributed by atoms with Crippen molar-refractivity contribution in [2.24, 2.45) is 5.92 Å². The number of halogens is 1. The van der Waals surface area contributed by atoms with E-state index in [0.717, 1.165) is 42.3 Å². The van der Waals surface area contributed by atoms with Crippen LogP contribution in [0.4, 0.5) is 0 Å². The van der Waals surface area contributed by atoms with E-state index >= 15 is 0 Å². The van der Waals surface area contributed by atoms with Gasteiger partial charge in [0, 0.05) is 11.6 Å². The van der Waals surface area contributed by atoms with Crippen LogP contribution in [0.2, 0.25) is 5.02 Å². The van der Waals surface area contributed by atoms with Crippen LogP contribution in [0.25, 0.3) is 0 Å². The van der Waals surface area contributed by atoms with E-state index in [1.54, 1.807) is 0 Å². The lowest BCUT2D eigenvalue weighted by molar-refractivity contribution is 0.0184. The Morgan fingerprint density at radius 2 is 2.10 bits per heavy atom. The third kappa shape index (κ3) is 5.50. The number of nitrogens with one attached hydrogen (secondary N) is 1. The van der Waals surface area contributed by atoms with E-state index in [-0.39, 0.29) is 6.10 Å². The molecule has 1 saturated heterocycles. The van der Waals surface area contributed by atoms with E-state index in [1.165, 1.54) is 0 Å². The third-order valence-electron chi connectivity index (χ3n) is 3.69. The highest BCUT2D eigenvalue weighted by Gasteiger charge is 2.25. The average Bonchev–Trinajstić information content (AvgIpc) is 2.88. The minimum Gasteiger partial charge on any atom is -0.491 e. The highest BCUT2D eigenvalue weighted by molar-refractivity contribution is 6.31. The maximum absolute atomic E-state index is 6.01. The molecule has 0 radical (unpaired) electrons. The molecule has 1 aromatic rings. The van der Waals surface area contributed by atoms with Crippen molar-refractivity contribution >= 4 is 11.6 Å². The van der Waals surface area contributed by atoms with Crippen molar-refractivity contribution in [1.82, 2.24) is 5.32 Å². The van der Waals surface area contributed by atoms with E-state index < -0.39 is 0 Å². The molecule has 1 aliphatic heterocycles. The maximum atomic E-state index is 6.01. The van der Waals surface area contributed by atoms with Gasteiger partial charge in [0.05, 0.1) is 12.2 Å². The zero-order valence-electron chi connectivity index (χ0n) is 13.2. The second-order valence-electron chi connectivity index (χ2n) is 6.23. The molecule has 1 aromatic carbocycles. The van der Waals surface area contributed by atoms with E-state index in [2.05, 4.69) is 19.2 Å². The zero-order valence-corrected chi connectivity index (χ0v) is 14.0. The second-order valence-corrected chi connectivity index (χ2v) is 6.64. The standard InChI is InChI=1S/C17H26ClNO2/c1-12(2)9-19-10-15-4-5-16(21-15)11-20-14-6-7-17(18)13(3)8-14/h6-8,12,15-16,19H,4-5,9-11H2,1-3H3. The Kier molecular flexibility index (Phi) is 6.34. The summed E-state index contributed by atoms with van der Waals surface area (Å²) >= 11 is 6.01. The van der Waals surface area contributed by atoms with Gasteiger partial charge in [0.25, 0.3) is 0 Å². The first kappa shape index (κ1) is 16.6. The number of benzene rings is 1. The van der Waals surface area contributed by atoms with Crippen molar-refractivity contribution in [1.29, 1.82) is 0 Å². The van der Waals surface area contributed by atoms with Crippen LogP contribution in [0.15, 0.2) is 18.2 Å². The van der Waals surface area contributed by atoms with Crippen LogP contribution < -0.4 is 10.1 Å². The van der Waals surface area contributed by atoms with Gasteiger partial charge in [0.1, 0.15) is 12.4 Å². The summed E-state index contributed by atoms with van der Waals surface area (Å²) in [6.07, 6.45) is 2.70. The molecule has 3 nitrogen and oxygen atoms in total. The lowest BCUT2D eigenvalue weighted by Crippen LogP contribution is -2.30. The topological polar surface area (TPSA) is 30.5 Å². The summed E-state index contributed by atoms with van der Waals surface area (Å²) in [6, 6.07) is 5.76. The van der Waals surface area contributed by atoms with Gasteiger partial charge in [-0.25, -0.2) is 0 Å². The molecule has 2 unspecified atom stereocenters. The van der Waals surface area contributed by atoms with Crippen molar-refractivity contribution in [3.05, 3.63) is 28.8 Å². The maximum Gasteiger partial charge on any atom is 0.119 e. The van der Waals surface area contributed by atoms with Gasteiger partial charge < -0.3 is 14.8 Å². The Bertz CT molecular complexity index is 450. The fourth-order valence-corrected chi connectivity index (χ4v) is 2.60.